The summed E-state index contributed by atoms with van der Waals surface area (Å²) in [6.45, 7) is 8.34. The quantitative estimate of drug-likeness (QED) is 0.596. The molecule has 0 aliphatic carbocycles. The molecule has 1 aromatic rings. The summed E-state index contributed by atoms with van der Waals surface area (Å²) in [6, 6.07) is 4.51. The van der Waals surface area contributed by atoms with Crippen molar-refractivity contribution in [2.75, 3.05) is 11.9 Å². The highest BCUT2D eigenvalue weighted by molar-refractivity contribution is 5.95. The Bertz CT molecular complexity index is 527. The third kappa shape index (κ3) is 4.73. The summed E-state index contributed by atoms with van der Waals surface area (Å²) in [7, 11) is 0. The maximum absolute atomic E-state index is 11.8. The van der Waals surface area contributed by atoms with Crippen LogP contribution >= 0.6 is 0 Å². The number of hydrogen-bond acceptors (Lipinski definition) is 4. The van der Waals surface area contributed by atoms with Crippen molar-refractivity contribution in [3.8, 4) is 0 Å². The molecule has 1 rings (SSSR count). The second kappa shape index (κ2) is 7.06. The molecular formula is C15H23N3O3. The molecule has 1 amide bonds. The number of benzene rings is 1. The van der Waals surface area contributed by atoms with E-state index in [0.29, 0.717) is 17.8 Å². The number of nitro groups is 1. The Kier molecular flexibility index (Phi) is 5.69. The van der Waals surface area contributed by atoms with Crippen LogP contribution in [0.5, 0.6) is 0 Å². The van der Waals surface area contributed by atoms with Gasteiger partial charge in [-0.3, -0.25) is 14.9 Å². The van der Waals surface area contributed by atoms with E-state index in [2.05, 4.69) is 17.6 Å². The predicted molar refractivity (Wildman–Crippen MR) is 83.7 cm³/mol. The van der Waals surface area contributed by atoms with Gasteiger partial charge in [0.1, 0.15) is 5.69 Å². The smallest absolute Gasteiger partial charge is 0.293 e. The summed E-state index contributed by atoms with van der Waals surface area (Å²) in [5.74, 6) is -0.306. The predicted octanol–water partition coefficient (Wildman–Crippen LogP) is 3.34. The van der Waals surface area contributed by atoms with E-state index >= 15 is 0 Å². The van der Waals surface area contributed by atoms with Gasteiger partial charge in [0.05, 0.1) is 4.92 Å². The van der Waals surface area contributed by atoms with Gasteiger partial charge in [-0.2, -0.15) is 0 Å². The van der Waals surface area contributed by atoms with Gasteiger partial charge in [-0.25, -0.2) is 0 Å². The molecule has 1 aromatic carbocycles. The molecule has 0 fully saturated rings. The minimum Gasteiger partial charge on any atom is -0.375 e. The van der Waals surface area contributed by atoms with Crippen LogP contribution in [0.3, 0.4) is 0 Å². The van der Waals surface area contributed by atoms with E-state index in [9.17, 15) is 14.9 Å². The second-order valence-electron chi connectivity index (χ2n) is 5.61. The van der Waals surface area contributed by atoms with Crippen LogP contribution in [0.4, 0.5) is 11.4 Å². The minimum absolute atomic E-state index is 0.0806. The van der Waals surface area contributed by atoms with Gasteiger partial charge in [0.2, 0.25) is 0 Å². The monoisotopic (exact) mass is 293 g/mol. The normalized spacial score (nSPS) is 11.0. The van der Waals surface area contributed by atoms with E-state index in [4.69, 9.17) is 0 Å². The first kappa shape index (κ1) is 16.9. The molecule has 0 saturated carbocycles. The number of anilines is 1. The largest absolute Gasteiger partial charge is 0.375 e. The molecule has 0 aliphatic heterocycles. The lowest BCUT2D eigenvalue weighted by Crippen LogP contribution is -2.31. The average molecular weight is 293 g/mol. The molecular weight excluding hydrogens is 270 g/mol. The van der Waals surface area contributed by atoms with Crippen molar-refractivity contribution in [2.24, 2.45) is 0 Å². The van der Waals surface area contributed by atoms with Crippen LogP contribution in [0, 0.1) is 10.1 Å². The van der Waals surface area contributed by atoms with Crippen LogP contribution in [0.1, 0.15) is 50.9 Å². The van der Waals surface area contributed by atoms with Crippen LogP contribution in [-0.4, -0.2) is 22.9 Å². The van der Waals surface area contributed by atoms with Crippen molar-refractivity contribution in [2.45, 2.75) is 46.1 Å². The summed E-state index contributed by atoms with van der Waals surface area (Å²) in [6.07, 6.45) is 1.87. The molecule has 2 N–H and O–H groups in total. The Morgan fingerprint density at radius 1 is 1.33 bits per heavy atom. The number of hydrogen-bond donors (Lipinski definition) is 2. The van der Waals surface area contributed by atoms with Gasteiger partial charge in [-0.05, 0) is 39.3 Å². The fourth-order valence-electron chi connectivity index (χ4n) is 2.24. The summed E-state index contributed by atoms with van der Waals surface area (Å²) in [5, 5.41) is 17.1. The Labute approximate surface area is 125 Å². The highest BCUT2D eigenvalue weighted by Crippen LogP contribution is 2.29. The molecule has 0 bridgehead atoms. The number of amides is 1. The maximum Gasteiger partial charge on any atom is 0.293 e. The number of nitrogens with one attached hydrogen (secondary N) is 2. The van der Waals surface area contributed by atoms with E-state index < -0.39 is 4.92 Å². The van der Waals surface area contributed by atoms with Crippen molar-refractivity contribution in [3.05, 3.63) is 33.9 Å². The molecule has 0 aliphatic rings. The molecule has 0 unspecified atom stereocenters. The fourth-order valence-corrected chi connectivity index (χ4v) is 2.24. The zero-order valence-corrected chi connectivity index (χ0v) is 13.0. The summed E-state index contributed by atoms with van der Waals surface area (Å²) < 4.78 is 0. The standard InChI is InChI=1S/C15H23N3O3/c1-5-9-15(3,4)17-12-8-7-11(14(19)16-6-2)10-13(12)18(20)21/h7-8,10,17H,5-6,9H2,1-4H3,(H,16,19). The molecule has 0 aromatic heterocycles. The van der Waals surface area contributed by atoms with Crippen molar-refractivity contribution >= 4 is 17.3 Å². The molecule has 6 nitrogen and oxygen atoms in total. The molecule has 6 heteroatoms. The van der Waals surface area contributed by atoms with Gasteiger partial charge < -0.3 is 10.6 Å². The van der Waals surface area contributed by atoms with Gasteiger partial charge in [0.15, 0.2) is 0 Å². The van der Waals surface area contributed by atoms with Crippen LogP contribution in [-0.2, 0) is 0 Å². The first-order chi connectivity index (χ1) is 9.80. The molecule has 0 spiro atoms. The van der Waals surface area contributed by atoms with Crippen LogP contribution < -0.4 is 10.6 Å². The third-order valence-electron chi connectivity index (χ3n) is 3.14. The van der Waals surface area contributed by atoms with Crippen molar-refractivity contribution < 1.29 is 9.72 Å². The van der Waals surface area contributed by atoms with E-state index in [-0.39, 0.29) is 17.1 Å². The SMILES string of the molecule is CCCC(C)(C)Nc1ccc(C(=O)NCC)cc1[N+](=O)[O-]. The zero-order valence-electron chi connectivity index (χ0n) is 13.0. The number of nitrogens with zero attached hydrogens (tertiary/aromatic N) is 1. The Balaban J connectivity index is 3.11. The van der Waals surface area contributed by atoms with Crippen molar-refractivity contribution in [1.82, 2.24) is 5.32 Å². The lowest BCUT2D eigenvalue weighted by Gasteiger charge is -2.27. The first-order valence-electron chi connectivity index (χ1n) is 7.15. The van der Waals surface area contributed by atoms with Crippen LogP contribution in [0.15, 0.2) is 18.2 Å². The van der Waals surface area contributed by atoms with Gasteiger partial charge in [0.25, 0.3) is 11.6 Å². The van der Waals surface area contributed by atoms with Crippen molar-refractivity contribution in [1.29, 1.82) is 0 Å². The van der Waals surface area contributed by atoms with Crippen LogP contribution in [0.2, 0.25) is 0 Å². The van der Waals surface area contributed by atoms with Crippen LogP contribution in [0.25, 0.3) is 0 Å². The molecule has 21 heavy (non-hydrogen) atoms. The topological polar surface area (TPSA) is 84.3 Å². The molecule has 0 heterocycles. The fraction of sp³-hybridized carbons (Fsp3) is 0.533. The van der Waals surface area contributed by atoms with Gasteiger partial charge in [-0.1, -0.05) is 13.3 Å². The summed E-state index contributed by atoms with van der Waals surface area (Å²) in [4.78, 5) is 22.5. The van der Waals surface area contributed by atoms with E-state index in [1.165, 1.54) is 6.07 Å². The molecule has 0 radical (unpaired) electrons. The van der Waals surface area contributed by atoms with Gasteiger partial charge in [0, 0.05) is 23.7 Å². The van der Waals surface area contributed by atoms with E-state index in [1.54, 1.807) is 19.1 Å². The zero-order chi connectivity index (χ0) is 16.0. The van der Waals surface area contributed by atoms with E-state index in [0.717, 1.165) is 12.8 Å². The number of rotatable bonds is 7. The Morgan fingerprint density at radius 2 is 2.00 bits per heavy atom. The first-order valence-corrected chi connectivity index (χ1v) is 7.15. The molecule has 116 valence electrons. The highest BCUT2D eigenvalue weighted by Gasteiger charge is 2.23. The lowest BCUT2D eigenvalue weighted by atomic mass is 9.98. The number of carbonyl (C=O) groups excluding carboxylic acids is 1. The lowest BCUT2D eigenvalue weighted by molar-refractivity contribution is -0.384. The Morgan fingerprint density at radius 3 is 2.52 bits per heavy atom. The maximum atomic E-state index is 11.8. The minimum atomic E-state index is -0.465. The molecule has 0 saturated heterocycles. The van der Waals surface area contributed by atoms with E-state index in [1.807, 2.05) is 13.8 Å². The van der Waals surface area contributed by atoms with Crippen molar-refractivity contribution in [3.63, 3.8) is 0 Å². The second-order valence-corrected chi connectivity index (χ2v) is 5.61. The number of carbonyl (C=O) groups is 1. The highest BCUT2D eigenvalue weighted by atomic mass is 16.6. The van der Waals surface area contributed by atoms with Gasteiger partial charge in [-0.15, -0.1) is 0 Å². The Hall–Kier alpha value is -2.11. The third-order valence-corrected chi connectivity index (χ3v) is 3.14. The summed E-state index contributed by atoms with van der Waals surface area (Å²) >= 11 is 0. The van der Waals surface area contributed by atoms with Gasteiger partial charge >= 0.3 is 0 Å². The number of nitro benzene ring substituents is 1. The average Bonchev–Trinajstić information content (AvgIpc) is 2.38. The molecule has 0 atom stereocenters. The summed E-state index contributed by atoms with van der Waals surface area (Å²) in [5.41, 5.74) is 0.406.